The number of nitrogens with one attached hydrogen (secondary N) is 1. The van der Waals surface area contributed by atoms with Gasteiger partial charge in [0.05, 0.1) is 12.2 Å². The molecule has 94 valence electrons. The first-order valence-electron chi connectivity index (χ1n) is 5.59. The Morgan fingerprint density at radius 1 is 1.47 bits per heavy atom. The Morgan fingerprint density at radius 3 is 2.65 bits per heavy atom. The van der Waals surface area contributed by atoms with Crippen LogP contribution in [0, 0.1) is 0 Å². The Morgan fingerprint density at radius 2 is 2.12 bits per heavy atom. The lowest BCUT2D eigenvalue weighted by Crippen LogP contribution is -2.35. The smallest absolute Gasteiger partial charge is 0.376 e. The van der Waals surface area contributed by atoms with Crippen molar-refractivity contribution in [2.45, 2.75) is 45.0 Å². The van der Waals surface area contributed by atoms with E-state index >= 15 is 0 Å². The van der Waals surface area contributed by atoms with Crippen molar-refractivity contribution in [3.8, 4) is 0 Å². The van der Waals surface area contributed by atoms with Gasteiger partial charge in [0.15, 0.2) is 0 Å². The normalized spacial score (nSPS) is 28.9. The van der Waals surface area contributed by atoms with Crippen molar-refractivity contribution in [3.63, 3.8) is 0 Å². The molecule has 0 bridgehead atoms. The fraction of sp³-hybridized carbons (Fsp3) is 0.700. The van der Waals surface area contributed by atoms with Gasteiger partial charge in [-0.1, -0.05) is 0 Å². The van der Waals surface area contributed by atoms with E-state index in [2.05, 4.69) is 15.2 Å². The van der Waals surface area contributed by atoms with Crippen LogP contribution < -0.4 is 5.73 Å². The highest BCUT2D eigenvalue weighted by Gasteiger charge is 2.28. The molecule has 2 heterocycles. The van der Waals surface area contributed by atoms with Crippen LogP contribution in [0.1, 0.15) is 37.3 Å². The number of rotatable bonds is 2. The number of nitrogens with zero attached hydrogens (tertiary/aromatic N) is 2. The molecule has 1 aliphatic heterocycles. The summed E-state index contributed by atoms with van der Waals surface area (Å²) in [5, 5.41) is 6.00. The second-order valence-electron chi connectivity index (χ2n) is 4.30. The van der Waals surface area contributed by atoms with Crippen LogP contribution in [0.5, 0.6) is 0 Å². The number of ether oxygens (including phenoxy) is 2. The Hall–Kier alpha value is -1.63. The van der Waals surface area contributed by atoms with Crippen LogP contribution in [0.2, 0.25) is 0 Å². The zero-order chi connectivity index (χ0) is 12.4. The standard InChI is InChI=1S/C10H16N4O3/c1-5-3-7(4-6(2)16-5)17-9(15)8-12-10(11)14-13-8/h5-7H,3-4H2,1-2H3,(H3,11,12,13,14). The van der Waals surface area contributed by atoms with E-state index in [1.165, 1.54) is 0 Å². The molecule has 2 rings (SSSR count). The van der Waals surface area contributed by atoms with Crippen LogP contribution in [-0.2, 0) is 9.47 Å². The lowest BCUT2D eigenvalue weighted by molar-refractivity contribution is -0.0858. The van der Waals surface area contributed by atoms with Crippen molar-refractivity contribution < 1.29 is 14.3 Å². The monoisotopic (exact) mass is 240 g/mol. The minimum absolute atomic E-state index is 0.0330. The summed E-state index contributed by atoms with van der Waals surface area (Å²) in [6.45, 7) is 3.92. The van der Waals surface area contributed by atoms with Gasteiger partial charge in [-0.25, -0.2) is 4.79 Å². The third-order valence-corrected chi connectivity index (χ3v) is 2.62. The molecule has 17 heavy (non-hydrogen) atoms. The van der Waals surface area contributed by atoms with Gasteiger partial charge in [0.25, 0.3) is 0 Å². The van der Waals surface area contributed by atoms with Gasteiger partial charge in [0.1, 0.15) is 6.10 Å². The minimum Gasteiger partial charge on any atom is -0.456 e. The number of aromatic amines is 1. The average molecular weight is 240 g/mol. The molecule has 0 aromatic carbocycles. The summed E-state index contributed by atoms with van der Waals surface area (Å²) in [7, 11) is 0. The molecule has 0 amide bonds. The molecule has 1 fully saturated rings. The second-order valence-corrected chi connectivity index (χ2v) is 4.30. The number of aromatic nitrogens is 3. The van der Waals surface area contributed by atoms with Crippen molar-refractivity contribution in [3.05, 3.63) is 5.82 Å². The first-order chi connectivity index (χ1) is 8.04. The molecular weight excluding hydrogens is 224 g/mol. The molecule has 3 N–H and O–H groups in total. The maximum absolute atomic E-state index is 11.7. The highest BCUT2D eigenvalue weighted by Crippen LogP contribution is 2.22. The van der Waals surface area contributed by atoms with Gasteiger partial charge in [-0.2, -0.15) is 4.98 Å². The number of nitrogen functional groups attached to an aromatic ring is 1. The summed E-state index contributed by atoms with van der Waals surface area (Å²) in [4.78, 5) is 15.4. The van der Waals surface area contributed by atoms with Crippen LogP contribution >= 0.6 is 0 Å². The number of hydrogen-bond donors (Lipinski definition) is 2. The lowest BCUT2D eigenvalue weighted by Gasteiger charge is -2.31. The summed E-state index contributed by atoms with van der Waals surface area (Å²) in [5.74, 6) is -0.458. The number of anilines is 1. The quantitative estimate of drug-likeness (QED) is 0.729. The Balaban J connectivity index is 1.94. The van der Waals surface area contributed by atoms with Gasteiger partial charge in [-0.15, -0.1) is 5.10 Å². The Kier molecular flexibility index (Phi) is 3.28. The molecule has 7 nitrogen and oxygen atoms in total. The minimum atomic E-state index is -0.527. The van der Waals surface area contributed by atoms with E-state index < -0.39 is 5.97 Å². The SMILES string of the molecule is CC1CC(OC(=O)c2nc(N)n[nH]2)CC(C)O1. The lowest BCUT2D eigenvalue weighted by atomic mass is 10.0. The molecule has 0 aliphatic carbocycles. The van der Waals surface area contributed by atoms with E-state index in [0.717, 1.165) is 0 Å². The summed E-state index contributed by atoms with van der Waals surface area (Å²) in [6.07, 6.45) is 1.43. The molecule has 0 saturated carbocycles. The third-order valence-electron chi connectivity index (χ3n) is 2.62. The van der Waals surface area contributed by atoms with Crippen molar-refractivity contribution in [1.29, 1.82) is 0 Å². The molecule has 1 aromatic rings. The van der Waals surface area contributed by atoms with E-state index in [0.29, 0.717) is 12.8 Å². The number of esters is 1. The van der Waals surface area contributed by atoms with Crippen molar-refractivity contribution in [1.82, 2.24) is 15.2 Å². The van der Waals surface area contributed by atoms with Gasteiger partial charge in [-0.3, -0.25) is 5.10 Å². The maximum atomic E-state index is 11.7. The fourth-order valence-corrected chi connectivity index (χ4v) is 2.01. The van der Waals surface area contributed by atoms with Crippen LogP contribution in [0.25, 0.3) is 0 Å². The summed E-state index contributed by atoms with van der Waals surface area (Å²) < 4.78 is 10.9. The zero-order valence-corrected chi connectivity index (χ0v) is 9.84. The Labute approximate surface area is 98.7 Å². The predicted molar refractivity (Wildman–Crippen MR) is 59.2 cm³/mol. The van der Waals surface area contributed by atoms with Gasteiger partial charge in [0, 0.05) is 12.8 Å². The molecule has 7 heteroatoms. The average Bonchev–Trinajstić information content (AvgIpc) is 2.63. The van der Waals surface area contributed by atoms with E-state index in [-0.39, 0.29) is 30.1 Å². The third kappa shape index (κ3) is 2.94. The van der Waals surface area contributed by atoms with Crippen LogP contribution in [0.3, 0.4) is 0 Å². The van der Waals surface area contributed by atoms with Crippen molar-refractivity contribution in [2.24, 2.45) is 0 Å². The van der Waals surface area contributed by atoms with E-state index in [4.69, 9.17) is 15.2 Å². The fourth-order valence-electron chi connectivity index (χ4n) is 2.01. The Bertz CT molecular complexity index is 396. The number of hydrogen-bond acceptors (Lipinski definition) is 6. The van der Waals surface area contributed by atoms with Crippen LogP contribution in [-0.4, -0.2) is 39.5 Å². The van der Waals surface area contributed by atoms with E-state index in [1.807, 2.05) is 13.8 Å². The molecule has 2 atom stereocenters. The second kappa shape index (κ2) is 4.70. The largest absolute Gasteiger partial charge is 0.456 e. The zero-order valence-electron chi connectivity index (χ0n) is 9.84. The topological polar surface area (TPSA) is 103 Å². The molecule has 2 unspecified atom stereocenters. The molecule has 1 aromatic heterocycles. The first-order valence-corrected chi connectivity index (χ1v) is 5.59. The predicted octanol–water partition coefficient (Wildman–Crippen LogP) is 0.500. The van der Waals surface area contributed by atoms with E-state index in [1.54, 1.807) is 0 Å². The molecular formula is C10H16N4O3. The first kappa shape index (κ1) is 11.8. The van der Waals surface area contributed by atoms with Crippen molar-refractivity contribution >= 4 is 11.9 Å². The number of H-pyrrole nitrogens is 1. The summed E-state index contributed by atoms with van der Waals surface area (Å²) in [6, 6.07) is 0. The highest BCUT2D eigenvalue weighted by molar-refractivity contribution is 5.85. The molecule has 0 spiro atoms. The van der Waals surface area contributed by atoms with E-state index in [9.17, 15) is 4.79 Å². The molecule has 1 saturated heterocycles. The molecule has 0 radical (unpaired) electrons. The number of nitrogens with two attached hydrogens (primary N) is 1. The van der Waals surface area contributed by atoms with Gasteiger partial charge < -0.3 is 15.2 Å². The number of carbonyl (C=O) groups is 1. The summed E-state index contributed by atoms with van der Waals surface area (Å²) in [5.41, 5.74) is 5.31. The van der Waals surface area contributed by atoms with Gasteiger partial charge in [-0.05, 0) is 13.8 Å². The maximum Gasteiger partial charge on any atom is 0.376 e. The number of carbonyl (C=O) groups excluding carboxylic acids is 1. The van der Waals surface area contributed by atoms with Crippen LogP contribution in [0.4, 0.5) is 5.95 Å². The highest BCUT2D eigenvalue weighted by atomic mass is 16.6. The molecule has 1 aliphatic rings. The van der Waals surface area contributed by atoms with Gasteiger partial charge >= 0.3 is 5.97 Å². The van der Waals surface area contributed by atoms with Crippen molar-refractivity contribution in [2.75, 3.05) is 5.73 Å². The van der Waals surface area contributed by atoms with Gasteiger partial charge in [0.2, 0.25) is 11.8 Å². The van der Waals surface area contributed by atoms with Crippen LogP contribution in [0.15, 0.2) is 0 Å². The summed E-state index contributed by atoms with van der Waals surface area (Å²) >= 11 is 0.